The van der Waals surface area contributed by atoms with Crippen LogP contribution in [0.4, 0.5) is 0 Å². The first-order valence-corrected chi connectivity index (χ1v) is 5.11. The van der Waals surface area contributed by atoms with E-state index in [1.54, 1.807) is 18.2 Å². The first-order chi connectivity index (χ1) is 7.24. The maximum absolute atomic E-state index is 9.69. The monoisotopic (exact) mass is 206 g/mol. The molecule has 2 N–H and O–H groups in total. The summed E-state index contributed by atoms with van der Waals surface area (Å²) in [7, 11) is 0. The molecule has 1 aliphatic heterocycles. The molecule has 0 aromatic heterocycles. The first kappa shape index (κ1) is 10.1. The zero-order valence-corrected chi connectivity index (χ0v) is 8.60. The van der Waals surface area contributed by atoms with Gasteiger partial charge in [-0.05, 0) is 18.6 Å². The molecule has 0 aliphatic carbocycles. The highest BCUT2D eigenvalue weighted by atomic mass is 16.6. The van der Waals surface area contributed by atoms with Crippen LogP contribution in [-0.2, 0) is 4.74 Å². The van der Waals surface area contributed by atoms with Crippen molar-refractivity contribution in [2.24, 2.45) is 0 Å². The van der Waals surface area contributed by atoms with Gasteiger partial charge in [0.15, 0.2) is 0 Å². The predicted molar refractivity (Wildman–Crippen MR) is 57.0 cm³/mol. The zero-order valence-electron chi connectivity index (χ0n) is 8.60. The van der Waals surface area contributed by atoms with E-state index in [-0.39, 0.29) is 5.75 Å². The highest BCUT2D eigenvalue weighted by Gasteiger charge is 2.28. The summed E-state index contributed by atoms with van der Waals surface area (Å²) in [5, 5.41) is 19.3. The molecule has 0 fully saturated rings. The molecular formula is C12H14O3. The third kappa shape index (κ3) is 1.70. The van der Waals surface area contributed by atoms with Crippen molar-refractivity contribution in [1.82, 2.24) is 0 Å². The minimum absolute atomic E-state index is 0.159. The summed E-state index contributed by atoms with van der Waals surface area (Å²) in [6.45, 7) is 2.06. The van der Waals surface area contributed by atoms with E-state index in [2.05, 4.69) is 6.92 Å². The summed E-state index contributed by atoms with van der Waals surface area (Å²) in [4.78, 5) is 0. The number of fused-ring (bicyclic) bond motifs is 1. The number of aliphatic hydroxyl groups is 1. The van der Waals surface area contributed by atoms with Gasteiger partial charge in [-0.3, -0.25) is 0 Å². The van der Waals surface area contributed by atoms with Gasteiger partial charge in [0.05, 0.1) is 5.56 Å². The SMILES string of the molecule is CCC/C=C1\OC(O)c2cccc(O)c21. The van der Waals surface area contributed by atoms with E-state index < -0.39 is 6.29 Å². The van der Waals surface area contributed by atoms with Gasteiger partial charge in [-0.25, -0.2) is 0 Å². The Bertz CT molecular complexity index is 396. The fourth-order valence-corrected chi connectivity index (χ4v) is 1.70. The number of rotatable bonds is 2. The van der Waals surface area contributed by atoms with E-state index in [4.69, 9.17) is 4.74 Å². The number of ether oxygens (including phenoxy) is 1. The molecule has 15 heavy (non-hydrogen) atoms. The van der Waals surface area contributed by atoms with Crippen LogP contribution >= 0.6 is 0 Å². The minimum Gasteiger partial charge on any atom is -0.507 e. The van der Waals surface area contributed by atoms with E-state index in [0.29, 0.717) is 16.9 Å². The second kappa shape index (κ2) is 3.95. The van der Waals surface area contributed by atoms with Gasteiger partial charge in [0, 0.05) is 5.56 Å². The van der Waals surface area contributed by atoms with Crippen LogP contribution in [0, 0.1) is 0 Å². The van der Waals surface area contributed by atoms with Gasteiger partial charge in [-0.2, -0.15) is 0 Å². The zero-order chi connectivity index (χ0) is 10.8. The van der Waals surface area contributed by atoms with Gasteiger partial charge in [-0.1, -0.05) is 25.5 Å². The van der Waals surface area contributed by atoms with Crippen LogP contribution in [0.25, 0.3) is 5.76 Å². The Hall–Kier alpha value is -1.48. The number of phenols is 1. The smallest absolute Gasteiger partial charge is 0.225 e. The largest absolute Gasteiger partial charge is 0.507 e. The van der Waals surface area contributed by atoms with Gasteiger partial charge in [-0.15, -0.1) is 0 Å². The number of aliphatic hydroxyl groups excluding tert-OH is 1. The molecule has 1 aromatic carbocycles. The van der Waals surface area contributed by atoms with Crippen molar-refractivity contribution in [2.75, 3.05) is 0 Å². The molecule has 0 spiro atoms. The topological polar surface area (TPSA) is 49.7 Å². The Morgan fingerprint density at radius 2 is 2.27 bits per heavy atom. The maximum Gasteiger partial charge on any atom is 0.225 e. The highest BCUT2D eigenvalue weighted by Crippen LogP contribution is 2.41. The normalized spacial score (nSPS) is 21.5. The van der Waals surface area contributed by atoms with Gasteiger partial charge < -0.3 is 14.9 Å². The van der Waals surface area contributed by atoms with Crippen LogP contribution in [-0.4, -0.2) is 10.2 Å². The van der Waals surface area contributed by atoms with Crippen LogP contribution < -0.4 is 0 Å². The molecule has 0 bridgehead atoms. The van der Waals surface area contributed by atoms with Crippen molar-refractivity contribution in [3.63, 3.8) is 0 Å². The Balaban J connectivity index is 2.44. The molecule has 1 aliphatic rings. The first-order valence-electron chi connectivity index (χ1n) is 5.11. The van der Waals surface area contributed by atoms with Gasteiger partial charge in [0.2, 0.25) is 6.29 Å². The number of unbranched alkanes of at least 4 members (excludes halogenated alkanes) is 1. The van der Waals surface area contributed by atoms with Gasteiger partial charge in [0.25, 0.3) is 0 Å². The molecule has 0 saturated carbocycles. The Kier molecular flexibility index (Phi) is 2.64. The summed E-state index contributed by atoms with van der Waals surface area (Å²) < 4.78 is 5.27. The van der Waals surface area contributed by atoms with Crippen molar-refractivity contribution in [2.45, 2.75) is 26.1 Å². The molecule has 0 saturated heterocycles. The number of aromatic hydroxyl groups is 1. The number of phenolic OH excluding ortho intramolecular Hbond substituents is 1. The van der Waals surface area contributed by atoms with E-state index in [0.717, 1.165) is 12.8 Å². The van der Waals surface area contributed by atoms with Crippen LogP contribution in [0.1, 0.15) is 37.2 Å². The van der Waals surface area contributed by atoms with Crippen molar-refractivity contribution in [3.8, 4) is 5.75 Å². The number of hydrogen-bond acceptors (Lipinski definition) is 3. The molecule has 3 nitrogen and oxygen atoms in total. The quantitative estimate of drug-likeness (QED) is 0.781. The van der Waals surface area contributed by atoms with Crippen molar-refractivity contribution >= 4 is 5.76 Å². The van der Waals surface area contributed by atoms with Crippen LogP contribution in [0.15, 0.2) is 24.3 Å². The molecule has 1 aromatic rings. The second-order valence-corrected chi connectivity index (χ2v) is 3.57. The summed E-state index contributed by atoms with van der Waals surface area (Å²) in [5.74, 6) is 0.740. The third-order valence-corrected chi connectivity index (χ3v) is 2.44. The summed E-state index contributed by atoms with van der Waals surface area (Å²) in [6.07, 6.45) is 2.83. The van der Waals surface area contributed by atoms with Gasteiger partial charge in [0.1, 0.15) is 11.5 Å². The van der Waals surface area contributed by atoms with Crippen LogP contribution in [0.5, 0.6) is 5.75 Å². The Labute approximate surface area is 88.6 Å². The minimum atomic E-state index is -0.949. The van der Waals surface area contributed by atoms with E-state index in [9.17, 15) is 10.2 Å². The van der Waals surface area contributed by atoms with E-state index >= 15 is 0 Å². The number of hydrogen-bond donors (Lipinski definition) is 2. The second-order valence-electron chi connectivity index (χ2n) is 3.57. The summed E-state index contributed by atoms with van der Waals surface area (Å²) in [5.41, 5.74) is 1.26. The third-order valence-electron chi connectivity index (χ3n) is 2.44. The number of allylic oxidation sites excluding steroid dienone is 1. The maximum atomic E-state index is 9.69. The molecule has 0 radical (unpaired) electrons. The number of benzene rings is 1. The predicted octanol–water partition coefficient (Wildman–Crippen LogP) is 2.55. The van der Waals surface area contributed by atoms with Crippen molar-refractivity contribution < 1.29 is 14.9 Å². The lowest BCUT2D eigenvalue weighted by Crippen LogP contribution is -1.91. The van der Waals surface area contributed by atoms with E-state index in [1.807, 2.05) is 6.08 Å². The summed E-state index contributed by atoms with van der Waals surface area (Å²) >= 11 is 0. The average Bonchev–Trinajstić information content (AvgIpc) is 2.55. The molecule has 0 amide bonds. The Morgan fingerprint density at radius 3 is 3.00 bits per heavy atom. The lowest BCUT2D eigenvalue weighted by atomic mass is 10.1. The molecule has 2 rings (SSSR count). The lowest BCUT2D eigenvalue weighted by molar-refractivity contribution is -0.0296. The molecular weight excluding hydrogens is 192 g/mol. The average molecular weight is 206 g/mol. The van der Waals surface area contributed by atoms with Crippen molar-refractivity contribution in [1.29, 1.82) is 0 Å². The standard InChI is InChI=1S/C12H14O3/c1-2-3-7-10-11-8(12(14)15-10)5-4-6-9(11)13/h4-7,12-14H,2-3H2,1H3/b10-7-. The molecule has 1 unspecified atom stereocenters. The fourth-order valence-electron chi connectivity index (χ4n) is 1.70. The molecule has 1 heterocycles. The van der Waals surface area contributed by atoms with Crippen molar-refractivity contribution in [3.05, 3.63) is 35.4 Å². The molecule has 80 valence electrons. The fraction of sp³-hybridized carbons (Fsp3) is 0.333. The van der Waals surface area contributed by atoms with Crippen LogP contribution in [0.3, 0.4) is 0 Å². The lowest BCUT2D eigenvalue weighted by Gasteiger charge is -2.02. The summed E-state index contributed by atoms with van der Waals surface area (Å²) in [6, 6.07) is 5.05. The van der Waals surface area contributed by atoms with Gasteiger partial charge >= 0.3 is 0 Å². The molecule has 3 heteroatoms. The molecule has 1 atom stereocenters. The highest BCUT2D eigenvalue weighted by molar-refractivity contribution is 5.71. The van der Waals surface area contributed by atoms with Crippen LogP contribution in [0.2, 0.25) is 0 Å². The van der Waals surface area contributed by atoms with E-state index in [1.165, 1.54) is 0 Å². The Morgan fingerprint density at radius 1 is 1.47 bits per heavy atom.